The van der Waals surface area contributed by atoms with E-state index in [2.05, 4.69) is 86.3 Å². The number of benzene rings is 2. The summed E-state index contributed by atoms with van der Waals surface area (Å²) >= 11 is 0. The van der Waals surface area contributed by atoms with E-state index in [-0.39, 0.29) is 10.9 Å². The maximum absolute atomic E-state index is 4.36. The van der Waals surface area contributed by atoms with Crippen LogP contribution in [-0.2, 0) is 10.9 Å². The maximum atomic E-state index is 4.36. The second-order valence-corrected chi connectivity index (χ2v) is 6.71. The fraction of sp³-hybridized carbons (Fsp3) is 0.158. The lowest BCUT2D eigenvalue weighted by atomic mass is 10.3. The highest BCUT2D eigenvalue weighted by atomic mass is 32.2. The Hall–Kier alpha value is -1.73. The van der Waals surface area contributed by atoms with Crippen molar-refractivity contribution in [1.82, 2.24) is 0 Å². The number of allylic oxidation sites excluding steroid dienone is 3. The average molecular weight is 281 g/mol. The lowest BCUT2D eigenvalue weighted by Crippen LogP contribution is -2.06. The molecule has 0 spiro atoms. The first-order valence-corrected chi connectivity index (χ1v) is 8.18. The molecule has 0 saturated carbocycles. The highest BCUT2D eigenvalue weighted by Gasteiger charge is 2.28. The van der Waals surface area contributed by atoms with Gasteiger partial charge in [-0.15, -0.1) is 0 Å². The van der Waals surface area contributed by atoms with Crippen molar-refractivity contribution in [3.05, 3.63) is 84.3 Å². The van der Waals surface area contributed by atoms with Crippen LogP contribution < -0.4 is 0 Å². The average Bonchev–Trinajstić information content (AvgIpc) is 2.50. The zero-order valence-electron chi connectivity index (χ0n) is 12.0. The van der Waals surface area contributed by atoms with Gasteiger partial charge in [-0.1, -0.05) is 48.6 Å². The fourth-order valence-corrected chi connectivity index (χ4v) is 4.22. The molecule has 2 aromatic rings. The molecule has 1 heteroatoms. The first-order chi connectivity index (χ1) is 9.83. The monoisotopic (exact) mass is 281 g/mol. The molecule has 0 radical (unpaired) electrons. The second kappa shape index (κ2) is 7.76. The molecule has 0 atom stereocenters. The Bertz CT molecular complexity index is 515. The van der Waals surface area contributed by atoms with Crippen LogP contribution in [0.15, 0.2) is 94.1 Å². The van der Waals surface area contributed by atoms with E-state index in [4.69, 9.17) is 0 Å². The topological polar surface area (TPSA) is 0 Å². The van der Waals surface area contributed by atoms with Crippen molar-refractivity contribution in [2.75, 3.05) is 0 Å². The highest BCUT2D eigenvalue weighted by Crippen LogP contribution is 2.31. The van der Waals surface area contributed by atoms with Crippen molar-refractivity contribution >= 4 is 10.9 Å². The van der Waals surface area contributed by atoms with E-state index in [1.165, 1.54) is 14.7 Å². The standard InChI is InChI=1S/C19H21S/c1-3-4-7-12-17(2)20(18-13-8-5-9-14-18)19-15-10-6-11-16-19/h3-6,8-11,13-16H,2,7,12H2,1H3/q+1/b4-3-. The Labute approximate surface area is 125 Å². The van der Waals surface area contributed by atoms with Crippen LogP contribution in [-0.4, -0.2) is 0 Å². The van der Waals surface area contributed by atoms with Crippen LogP contribution in [0.25, 0.3) is 0 Å². The van der Waals surface area contributed by atoms with Gasteiger partial charge < -0.3 is 0 Å². The summed E-state index contributed by atoms with van der Waals surface area (Å²) < 4.78 is 0. The molecule has 102 valence electrons. The van der Waals surface area contributed by atoms with E-state index in [9.17, 15) is 0 Å². The summed E-state index contributed by atoms with van der Waals surface area (Å²) in [5.41, 5.74) is 0. The van der Waals surface area contributed by atoms with Crippen LogP contribution in [0, 0.1) is 0 Å². The minimum atomic E-state index is -0.0278. The van der Waals surface area contributed by atoms with Gasteiger partial charge in [0, 0.05) is 6.42 Å². The molecule has 2 aromatic carbocycles. The van der Waals surface area contributed by atoms with Gasteiger partial charge in [-0.05, 0) is 44.2 Å². The summed E-state index contributed by atoms with van der Waals surface area (Å²) in [4.78, 5) is 4.01. The number of hydrogen-bond acceptors (Lipinski definition) is 0. The summed E-state index contributed by atoms with van der Waals surface area (Å²) in [6.45, 7) is 6.42. The predicted molar refractivity (Wildman–Crippen MR) is 90.0 cm³/mol. The SMILES string of the molecule is C=C(CC/C=C\C)[S+](c1ccccc1)c1ccccc1. The van der Waals surface area contributed by atoms with Crippen molar-refractivity contribution in [2.45, 2.75) is 29.6 Å². The first-order valence-electron chi connectivity index (χ1n) is 6.96. The number of rotatable bonds is 6. The smallest absolute Gasteiger partial charge is 0.0916 e. The molecule has 0 heterocycles. The lowest BCUT2D eigenvalue weighted by Gasteiger charge is -2.09. The minimum Gasteiger partial charge on any atom is -0.0916 e. The predicted octanol–water partition coefficient (Wildman–Crippen LogP) is 5.59. The molecule has 20 heavy (non-hydrogen) atoms. The van der Waals surface area contributed by atoms with E-state index in [0.717, 1.165) is 12.8 Å². The Balaban J connectivity index is 2.28. The summed E-state index contributed by atoms with van der Waals surface area (Å²) in [6, 6.07) is 21.4. The molecule has 0 aliphatic carbocycles. The van der Waals surface area contributed by atoms with Crippen LogP contribution in [0.5, 0.6) is 0 Å². The van der Waals surface area contributed by atoms with E-state index in [1.807, 2.05) is 0 Å². The van der Waals surface area contributed by atoms with Crippen LogP contribution in [0.2, 0.25) is 0 Å². The molecule has 0 amide bonds. The van der Waals surface area contributed by atoms with Crippen molar-refractivity contribution in [3.63, 3.8) is 0 Å². The normalized spacial score (nSPS) is 11.1. The molecule has 0 aliphatic rings. The summed E-state index contributed by atoms with van der Waals surface area (Å²) in [7, 11) is -0.0278. The molecule has 0 unspecified atom stereocenters. The molecule has 0 bridgehead atoms. The summed E-state index contributed by atoms with van der Waals surface area (Å²) in [5, 5.41) is 0. The van der Waals surface area contributed by atoms with Gasteiger partial charge in [-0.2, -0.15) is 0 Å². The van der Waals surface area contributed by atoms with Gasteiger partial charge in [-0.25, -0.2) is 0 Å². The third-order valence-corrected chi connectivity index (χ3v) is 5.34. The van der Waals surface area contributed by atoms with Crippen molar-refractivity contribution in [1.29, 1.82) is 0 Å². The molecule has 0 fully saturated rings. The molecule has 0 N–H and O–H groups in total. The van der Waals surface area contributed by atoms with Crippen LogP contribution >= 0.6 is 0 Å². The van der Waals surface area contributed by atoms with Gasteiger partial charge in [0.25, 0.3) is 0 Å². The number of hydrogen-bond donors (Lipinski definition) is 0. The van der Waals surface area contributed by atoms with E-state index in [0.29, 0.717) is 0 Å². The van der Waals surface area contributed by atoms with Crippen LogP contribution in [0.3, 0.4) is 0 Å². The van der Waals surface area contributed by atoms with E-state index < -0.39 is 0 Å². The van der Waals surface area contributed by atoms with Gasteiger partial charge in [0.05, 0.1) is 10.9 Å². The van der Waals surface area contributed by atoms with Crippen molar-refractivity contribution in [2.24, 2.45) is 0 Å². The van der Waals surface area contributed by atoms with Gasteiger partial charge in [-0.3, -0.25) is 0 Å². The Morgan fingerprint density at radius 3 is 1.90 bits per heavy atom. The molecule has 0 aromatic heterocycles. The fourth-order valence-electron chi connectivity index (χ4n) is 2.10. The second-order valence-electron chi connectivity index (χ2n) is 4.58. The van der Waals surface area contributed by atoms with Gasteiger partial charge in [0.1, 0.15) is 4.91 Å². The van der Waals surface area contributed by atoms with Gasteiger partial charge in [0.15, 0.2) is 9.79 Å². The van der Waals surface area contributed by atoms with Crippen LogP contribution in [0.4, 0.5) is 0 Å². The quantitative estimate of drug-likeness (QED) is 0.478. The Kier molecular flexibility index (Phi) is 5.69. The molecule has 0 aliphatic heterocycles. The first kappa shape index (κ1) is 14.7. The van der Waals surface area contributed by atoms with Crippen molar-refractivity contribution in [3.8, 4) is 0 Å². The third-order valence-electron chi connectivity index (χ3n) is 3.07. The third kappa shape index (κ3) is 3.88. The van der Waals surface area contributed by atoms with Gasteiger partial charge in [0.2, 0.25) is 0 Å². The minimum absolute atomic E-state index is 0.0278. The summed E-state index contributed by atoms with van der Waals surface area (Å²) in [5.74, 6) is 0. The molecule has 2 rings (SSSR count). The molecule has 0 nitrogen and oxygen atoms in total. The van der Waals surface area contributed by atoms with E-state index >= 15 is 0 Å². The Morgan fingerprint density at radius 2 is 1.45 bits per heavy atom. The molecular weight excluding hydrogens is 260 g/mol. The van der Waals surface area contributed by atoms with E-state index in [1.54, 1.807) is 0 Å². The van der Waals surface area contributed by atoms with Gasteiger partial charge >= 0.3 is 0 Å². The highest BCUT2D eigenvalue weighted by molar-refractivity contribution is 8.00. The zero-order valence-corrected chi connectivity index (χ0v) is 12.8. The summed E-state index contributed by atoms with van der Waals surface area (Å²) in [6.07, 6.45) is 6.43. The maximum Gasteiger partial charge on any atom is 0.166 e. The van der Waals surface area contributed by atoms with Crippen molar-refractivity contribution < 1.29 is 0 Å². The largest absolute Gasteiger partial charge is 0.166 e. The molecular formula is C19H21S+. The van der Waals surface area contributed by atoms with Crippen LogP contribution in [0.1, 0.15) is 19.8 Å². The lowest BCUT2D eigenvalue weighted by molar-refractivity contribution is 1.03. The Morgan fingerprint density at radius 1 is 0.950 bits per heavy atom. The molecule has 0 saturated heterocycles. The zero-order chi connectivity index (χ0) is 14.2.